The number of fused-ring (bicyclic) bond motifs is 1. The predicted octanol–water partition coefficient (Wildman–Crippen LogP) is 3.81. The van der Waals surface area contributed by atoms with Gasteiger partial charge in [-0.05, 0) is 37.1 Å². The van der Waals surface area contributed by atoms with E-state index in [1.807, 2.05) is 0 Å². The molecule has 9 heteroatoms. The molecular weight excluding hydrogens is 394 g/mol. The van der Waals surface area contributed by atoms with Crippen molar-refractivity contribution in [2.24, 2.45) is 0 Å². The molecule has 1 aromatic heterocycles. The van der Waals surface area contributed by atoms with E-state index in [2.05, 4.69) is 4.98 Å². The second-order valence-corrected chi connectivity index (χ2v) is 9.12. The molecule has 5 nitrogen and oxygen atoms in total. The molecule has 1 saturated heterocycles. The van der Waals surface area contributed by atoms with Crippen molar-refractivity contribution in [3.05, 3.63) is 54.1 Å². The number of benzene rings is 2. The maximum atomic E-state index is 13.9. The van der Waals surface area contributed by atoms with Gasteiger partial charge in [-0.3, -0.25) is 0 Å². The van der Waals surface area contributed by atoms with Gasteiger partial charge in [-0.1, -0.05) is 29.5 Å². The average molecular weight is 410 g/mol. The first-order valence-corrected chi connectivity index (χ1v) is 10.7. The minimum atomic E-state index is -3.87. The summed E-state index contributed by atoms with van der Waals surface area (Å²) in [6.07, 6.45) is 0.679. The van der Waals surface area contributed by atoms with Crippen LogP contribution in [-0.4, -0.2) is 36.9 Å². The molecular formula is C18H16F2N2O3S2. The van der Waals surface area contributed by atoms with Crippen LogP contribution in [0.2, 0.25) is 0 Å². The third-order valence-electron chi connectivity index (χ3n) is 4.47. The monoisotopic (exact) mass is 410 g/mol. The van der Waals surface area contributed by atoms with Gasteiger partial charge in [0.2, 0.25) is 10.0 Å². The van der Waals surface area contributed by atoms with Gasteiger partial charge in [0.05, 0.1) is 4.70 Å². The lowest BCUT2D eigenvalue weighted by molar-refractivity contribution is 0.135. The molecule has 0 spiro atoms. The molecule has 0 amide bonds. The predicted molar refractivity (Wildman–Crippen MR) is 98.4 cm³/mol. The van der Waals surface area contributed by atoms with E-state index < -0.39 is 21.7 Å². The summed E-state index contributed by atoms with van der Waals surface area (Å²) < 4.78 is 60.6. The highest BCUT2D eigenvalue weighted by atomic mass is 32.2. The number of rotatable bonds is 4. The summed E-state index contributed by atoms with van der Waals surface area (Å²) in [7, 11) is -3.87. The van der Waals surface area contributed by atoms with Crippen LogP contribution in [0, 0.1) is 11.6 Å². The fraction of sp³-hybridized carbons (Fsp3) is 0.278. The van der Waals surface area contributed by atoms with E-state index in [9.17, 15) is 17.2 Å². The Kier molecular flexibility index (Phi) is 4.83. The van der Waals surface area contributed by atoms with Crippen molar-refractivity contribution in [2.45, 2.75) is 23.8 Å². The number of hydrogen-bond acceptors (Lipinski definition) is 5. The van der Waals surface area contributed by atoms with Crippen molar-refractivity contribution >= 4 is 31.6 Å². The van der Waals surface area contributed by atoms with Crippen LogP contribution in [0.25, 0.3) is 10.2 Å². The molecule has 2 heterocycles. The van der Waals surface area contributed by atoms with Crippen molar-refractivity contribution in [3.8, 4) is 5.19 Å². The van der Waals surface area contributed by atoms with E-state index in [-0.39, 0.29) is 29.6 Å². The molecule has 1 aliphatic rings. The summed E-state index contributed by atoms with van der Waals surface area (Å²) in [5, 5.41) is 0.366. The summed E-state index contributed by atoms with van der Waals surface area (Å²) in [5.74, 6) is -1.16. The van der Waals surface area contributed by atoms with Crippen LogP contribution < -0.4 is 4.74 Å². The Morgan fingerprint density at radius 1 is 1.04 bits per heavy atom. The highest BCUT2D eigenvalue weighted by Gasteiger charge is 2.32. The zero-order valence-electron chi connectivity index (χ0n) is 14.1. The number of nitrogens with zero attached hydrogens (tertiary/aromatic N) is 2. The van der Waals surface area contributed by atoms with Gasteiger partial charge in [0.1, 0.15) is 28.2 Å². The smallest absolute Gasteiger partial charge is 0.274 e. The third kappa shape index (κ3) is 3.54. The van der Waals surface area contributed by atoms with Crippen LogP contribution in [-0.2, 0) is 10.0 Å². The average Bonchev–Trinajstić information content (AvgIpc) is 3.06. The zero-order valence-corrected chi connectivity index (χ0v) is 15.8. The molecule has 0 unspecified atom stereocenters. The highest BCUT2D eigenvalue weighted by Crippen LogP contribution is 2.31. The Morgan fingerprint density at radius 2 is 1.74 bits per heavy atom. The van der Waals surface area contributed by atoms with E-state index in [1.165, 1.54) is 39.9 Å². The maximum absolute atomic E-state index is 13.9. The standard InChI is InChI=1S/C18H16F2N2O3S2/c19-13-4-1-2-7-16(13)27(23,24)22-10-8-12(9-11-22)25-18-21-17-14(20)5-3-6-15(17)26-18/h1-7,12H,8-11H2. The molecule has 0 saturated carbocycles. The minimum absolute atomic E-state index is 0.222. The van der Waals surface area contributed by atoms with E-state index >= 15 is 0 Å². The van der Waals surface area contributed by atoms with Crippen LogP contribution in [0.4, 0.5) is 8.78 Å². The molecule has 142 valence electrons. The number of sulfonamides is 1. The quantitative estimate of drug-likeness (QED) is 0.656. The van der Waals surface area contributed by atoms with E-state index in [4.69, 9.17) is 4.74 Å². The Balaban J connectivity index is 1.44. The second kappa shape index (κ2) is 7.14. The lowest BCUT2D eigenvalue weighted by atomic mass is 10.1. The van der Waals surface area contributed by atoms with Crippen molar-refractivity contribution in [2.75, 3.05) is 13.1 Å². The minimum Gasteiger partial charge on any atom is -0.467 e. The summed E-state index contributed by atoms with van der Waals surface area (Å²) in [6, 6.07) is 10.1. The molecule has 0 N–H and O–H groups in total. The van der Waals surface area contributed by atoms with Gasteiger partial charge in [0.25, 0.3) is 5.19 Å². The number of para-hydroxylation sites is 1. The third-order valence-corrected chi connectivity index (χ3v) is 7.32. The van der Waals surface area contributed by atoms with Gasteiger partial charge < -0.3 is 4.74 Å². The van der Waals surface area contributed by atoms with Gasteiger partial charge in [-0.15, -0.1) is 0 Å². The first-order chi connectivity index (χ1) is 12.9. The van der Waals surface area contributed by atoms with Crippen molar-refractivity contribution < 1.29 is 21.9 Å². The molecule has 1 aliphatic heterocycles. The molecule has 3 aromatic rings. The van der Waals surface area contributed by atoms with Crippen molar-refractivity contribution in [1.82, 2.24) is 9.29 Å². The fourth-order valence-corrected chi connectivity index (χ4v) is 5.50. The molecule has 0 aliphatic carbocycles. The Hall–Kier alpha value is -2.10. The van der Waals surface area contributed by atoms with E-state index in [0.717, 1.165) is 6.07 Å². The fourth-order valence-electron chi connectivity index (χ4n) is 3.07. The van der Waals surface area contributed by atoms with E-state index in [0.29, 0.717) is 22.7 Å². The molecule has 4 rings (SSSR count). The SMILES string of the molecule is O=S(=O)(c1ccccc1F)N1CCC(Oc2nc3c(F)cccc3s2)CC1. The normalized spacial score (nSPS) is 16.7. The van der Waals surface area contributed by atoms with Crippen molar-refractivity contribution in [1.29, 1.82) is 0 Å². The first kappa shape index (κ1) is 18.3. The van der Waals surface area contributed by atoms with Gasteiger partial charge in [0, 0.05) is 13.1 Å². The Bertz CT molecular complexity index is 1080. The molecule has 27 heavy (non-hydrogen) atoms. The van der Waals surface area contributed by atoms with Crippen LogP contribution in [0.1, 0.15) is 12.8 Å². The summed E-state index contributed by atoms with van der Waals surface area (Å²) >= 11 is 1.26. The number of aromatic nitrogens is 1. The highest BCUT2D eigenvalue weighted by molar-refractivity contribution is 7.89. The molecule has 1 fully saturated rings. The topological polar surface area (TPSA) is 59.5 Å². The molecule has 0 bridgehead atoms. The van der Waals surface area contributed by atoms with E-state index in [1.54, 1.807) is 12.1 Å². The number of thiazole rings is 1. The van der Waals surface area contributed by atoms with Crippen LogP contribution in [0.5, 0.6) is 5.19 Å². The molecule has 0 radical (unpaired) electrons. The lowest BCUT2D eigenvalue weighted by Gasteiger charge is -2.30. The van der Waals surface area contributed by atoms with Crippen LogP contribution >= 0.6 is 11.3 Å². The zero-order chi connectivity index (χ0) is 19.0. The molecule has 2 aromatic carbocycles. The number of hydrogen-bond donors (Lipinski definition) is 0. The van der Waals surface area contributed by atoms with Gasteiger partial charge in [0.15, 0.2) is 0 Å². The van der Waals surface area contributed by atoms with Gasteiger partial charge in [-0.25, -0.2) is 17.2 Å². The number of piperidine rings is 1. The van der Waals surface area contributed by atoms with Gasteiger partial charge in [-0.2, -0.15) is 9.29 Å². The Labute approximate surface area is 159 Å². The van der Waals surface area contributed by atoms with Gasteiger partial charge >= 0.3 is 0 Å². The second-order valence-electron chi connectivity index (χ2n) is 6.22. The molecule has 0 atom stereocenters. The van der Waals surface area contributed by atoms with Crippen LogP contribution in [0.3, 0.4) is 0 Å². The van der Waals surface area contributed by atoms with Crippen molar-refractivity contribution in [3.63, 3.8) is 0 Å². The summed E-state index contributed by atoms with van der Waals surface area (Å²) in [4.78, 5) is 3.86. The lowest BCUT2D eigenvalue weighted by Crippen LogP contribution is -2.41. The first-order valence-electron chi connectivity index (χ1n) is 8.41. The summed E-state index contributed by atoms with van der Waals surface area (Å²) in [5.41, 5.74) is 0.275. The number of ether oxygens (including phenoxy) is 1. The number of halogens is 2. The van der Waals surface area contributed by atoms with Crippen LogP contribution in [0.15, 0.2) is 47.4 Å². The Morgan fingerprint density at radius 3 is 2.44 bits per heavy atom. The summed E-state index contributed by atoms with van der Waals surface area (Å²) in [6.45, 7) is 0.446. The maximum Gasteiger partial charge on any atom is 0.274 e. The largest absolute Gasteiger partial charge is 0.467 e.